The van der Waals surface area contributed by atoms with Gasteiger partial charge in [-0.15, -0.1) is 9.79 Å². The van der Waals surface area contributed by atoms with E-state index in [2.05, 4.69) is 48.5 Å². The monoisotopic (exact) mass is 325 g/mol. The summed E-state index contributed by atoms with van der Waals surface area (Å²) < 4.78 is 8.70. The van der Waals surface area contributed by atoms with Crippen molar-refractivity contribution in [3.8, 4) is 0 Å². The normalized spacial score (nSPS) is 8.11. The first kappa shape index (κ1) is 21.7. The van der Waals surface area contributed by atoms with E-state index in [9.17, 15) is 0 Å². The van der Waals surface area contributed by atoms with Gasteiger partial charge in [-0.25, -0.2) is 0 Å². The molecule has 2 aromatic carbocycles. The molecule has 0 aliphatic carbocycles. The van der Waals surface area contributed by atoms with Gasteiger partial charge in [-0.3, -0.25) is 0 Å². The standard InChI is InChI=1S/C12H10S.K.HO3P.H2O.H/c1-3-7-11(8-4-1)13-12-9-5-2-6-10-12;;1-4(2)3;;/h1-10H;;(H-,1,2,3);1H2;/q;+1;;;-1/p+1. The summed E-state index contributed by atoms with van der Waals surface area (Å²) >= 11 is 1.79. The van der Waals surface area contributed by atoms with Gasteiger partial charge in [0.15, 0.2) is 0 Å². The summed E-state index contributed by atoms with van der Waals surface area (Å²) in [7, 11) is -2.87. The maximum absolute atomic E-state index is 8.70. The third kappa shape index (κ3) is 11.9. The van der Waals surface area contributed by atoms with Gasteiger partial charge in [0.1, 0.15) is 0 Å². The van der Waals surface area contributed by atoms with Gasteiger partial charge in [-0.1, -0.05) is 48.2 Å². The van der Waals surface area contributed by atoms with Gasteiger partial charge in [-0.2, -0.15) is 0 Å². The van der Waals surface area contributed by atoms with E-state index in [1.54, 1.807) is 11.8 Å². The molecule has 0 aliphatic rings. The zero-order valence-electron chi connectivity index (χ0n) is 11.4. The average molecular weight is 325 g/mol. The zero-order chi connectivity index (χ0) is 12.5. The Bertz CT molecular complexity index is 420. The molecule has 0 saturated heterocycles. The molecule has 0 saturated carbocycles. The van der Waals surface area contributed by atoms with E-state index < -0.39 is 8.25 Å². The molecular formula is C12H15KO4PS+. The predicted octanol–water partition coefficient (Wildman–Crippen LogP) is -0.242. The maximum Gasteiger partial charge on any atom is 1.00 e. The van der Waals surface area contributed by atoms with Gasteiger partial charge in [0.25, 0.3) is 0 Å². The molecule has 19 heavy (non-hydrogen) atoms. The molecule has 0 atom stereocenters. The summed E-state index contributed by atoms with van der Waals surface area (Å²) in [4.78, 5) is 16.8. The second-order valence-corrected chi connectivity index (χ2v) is 4.63. The van der Waals surface area contributed by atoms with Crippen molar-refractivity contribution in [2.75, 3.05) is 0 Å². The van der Waals surface area contributed by atoms with E-state index in [0.29, 0.717) is 0 Å². The van der Waals surface area contributed by atoms with Crippen molar-refractivity contribution in [2.45, 2.75) is 9.79 Å². The fourth-order valence-electron chi connectivity index (χ4n) is 1.11. The molecule has 0 aromatic heterocycles. The van der Waals surface area contributed by atoms with E-state index in [-0.39, 0.29) is 58.3 Å². The van der Waals surface area contributed by atoms with Crippen molar-refractivity contribution in [1.82, 2.24) is 0 Å². The molecule has 98 valence electrons. The molecule has 0 aliphatic heterocycles. The van der Waals surface area contributed by atoms with Crippen LogP contribution in [0.4, 0.5) is 0 Å². The van der Waals surface area contributed by atoms with E-state index in [1.165, 1.54) is 9.79 Å². The Morgan fingerprint density at radius 1 is 0.842 bits per heavy atom. The van der Waals surface area contributed by atoms with E-state index in [1.807, 2.05) is 12.1 Å². The summed E-state index contributed by atoms with van der Waals surface area (Å²) in [6, 6.07) is 20.8. The van der Waals surface area contributed by atoms with Crippen LogP contribution >= 0.6 is 20.0 Å². The summed E-state index contributed by atoms with van der Waals surface area (Å²) in [6.07, 6.45) is 0. The molecule has 0 unspecified atom stereocenters. The molecule has 0 fully saturated rings. The molecule has 0 bridgehead atoms. The van der Waals surface area contributed by atoms with Gasteiger partial charge < -0.3 is 6.90 Å². The number of benzene rings is 2. The Morgan fingerprint density at radius 3 is 1.37 bits per heavy atom. The van der Waals surface area contributed by atoms with Crippen LogP contribution in [0.2, 0.25) is 0 Å². The van der Waals surface area contributed by atoms with Crippen molar-refractivity contribution >= 4 is 20.0 Å². The maximum atomic E-state index is 8.70. The molecule has 7 heteroatoms. The number of hydrogen-bond acceptors (Lipinski definition) is 2. The smallest absolute Gasteiger partial charge is 1.00 e. The van der Waals surface area contributed by atoms with Crippen LogP contribution in [0.3, 0.4) is 0 Å². The van der Waals surface area contributed by atoms with E-state index >= 15 is 0 Å². The van der Waals surface area contributed by atoms with E-state index in [4.69, 9.17) is 14.4 Å². The average Bonchev–Trinajstić information content (AvgIpc) is 2.31. The van der Waals surface area contributed by atoms with Gasteiger partial charge in [0.2, 0.25) is 0 Å². The number of hydrogen-bond donors (Lipinski definition) is 2. The van der Waals surface area contributed by atoms with Crippen molar-refractivity contribution in [1.29, 1.82) is 0 Å². The van der Waals surface area contributed by atoms with Crippen molar-refractivity contribution in [2.24, 2.45) is 0 Å². The molecule has 4 nitrogen and oxygen atoms in total. The molecule has 2 rings (SSSR count). The Kier molecular flexibility index (Phi) is 15.3. The molecule has 2 aromatic rings. The summed E-state index contributed by atoms with van der Waals surface area (Å²) in [6.45, 7) is 0. The van der Waals surface area contributed by atoms with Crippen molar-refractivity contribution in [3.63, 3.8) is 0 Å². The van der Waals surface area contributed by atoms with Gasteiger partial charge in [-0.05, 0) is 24.3 Å². The number of rotatable bonds is 2. The molecule has 0 heterocycles. The minimum absolute atomic E-state index is 0. The first-order chi connectivity index (χ1) is 8.18. The summed E-state index contributed by atoms with van der Waals surface area (Å²) in [5.41, 5.74) is 0. The summed E-state index contributed by atoms with van der Waals surface area (Å²) in [5, 5.41) is 0. The third-order valence-electron chi connectivity index (χ3n) is 1.72. The third-order valence-corrected chi connectivity index (χ3v) is 2.74. The minimum Gasteiger partial charge on any atom is -1.00 e. The molecule has 0 spiro atoms. The van der Waals surface area contributed by atoms with Gasteiger partial charge in [0.05, 0.1) is 0 Å². The van der Waals surface area contributed by atoms with Crippen LogP contribution in [0.5, 0.6) is 0 Å². The largest absolute Gasteiger partial charge is 1.00 e. The fraction of sp³-hybridized carbons (Fsp3) is 0. The Balaban J connectivity index is -0.000000372. The predicted molar refractivity (Wildman–Crippen MR) is 73.8 cm³/mol. The van der Waals surface area contributed by atoms with Crippen LogP contribution in [-0.4, -0.2) is 15.3 Å². The first-order valence-electron chi connectivity index (χ1n) is 4.81. The zero-order valence-corrected chi connectivity index (χ0v) is 15.3. The molecule has 0 radical (unpaired) electrons. The van der Waals surface area contributed by atoms with Crippen molar-refractivity contribution < 1.29 is 72.6 Å². The minimum atomic E-state index is -2.87. The Morgan fingerprint density at radius 2 is 1.11 bits per heavy atom. The first-order valence-corrected chi connectivity index (χ1v) is 6.79. The second-order valence-electron chi connectivity index (χ2n) is 2.98. The van der Waals surface area contributed by atoms with Crippen LogP contribution < -0.4 is 51.4 Å². The van der Waals surface area contributed by atoms with Crippen LogP contribution in [0.1, 0.15) is 1.43 Å². The molecular weight excluding hydrogens is 310 g/mol. The SMILES string of the molecule is O.O=[P+](O)O.[H-].[K+].c1ccc(Sc2ccccc2)cc1. The van der Waals surface area contributed by atoms with Gasteiger partial charge >= 0.3 is 59.6 Å². The fourth-order valence-corrected chi connectivity index (χ4v) is 1.97. The Labute approximate surface area is 161 Å². The van der Waals surface area contributed by atoms with Crippen molar-refractivity contribution in [3.05, 3.63) is 60.7 Å². The molecule has 0 amide bonds. The van der Waals surface area contributed by atoms with Crippen LogP contribution in [0, 0.1) is 0 Å². The second kappa shape index (κ2) is 13.4. The Hall–Kier alpha value is 0.406. The van der Waals surface area contributed by atoms with Gasteiger partial charge in [0, 0.05) is 14.4 Å². The van der Waals surface area contributed by atoms with Crippen LogP contribution in [0.15, 0.2) is 70.5 Å². The van der Waals surface area contributed by atoms with Crippen LogP contribution in [-0.2, 0) is 4.57 Å². The molecule has 4 N–H and O–H groups in total. The quantitative estimate of drug-likeness (QED) is 0.589. The topological polar surface area (TPSA) is 89.0 Å². The summed E-state index contributed by atoms with van der Waals surface area (Å²) in [5.74, 6) is 0. The van der Waals surface area contributed by atoms with Crippen LogP contribution in [0.25, 0.3) is 0 Å². The van der Waals surface area contributed by atoms with E-state index in [0.717, 1.165) is 0 Å².